The first-order chi connectivity index (χ1) is 25.4. The minimum atomic E-state index is -0.809. The number of nitrogens with zero attached hydrogens (tertiary/aromatic N) is 1. The molecule has 1 amide bonds. The maximum atomic E-state index is 13.7. The van der Waals surface area contributed by atoms with Gasteiger partial charge in [0.1, 0.15) is 12.0 Å². The van der Waals surface area contributed by atoms with Crippen molar-refractivity contribution in [2.75, 3.05) is 38.2 Å². The Balaban J connectivity index is 2.52. The maximum absolute atomic E-state index is 13.7. The van der Waals surface area contributed by atoms with Gasteiger partial charge in [0.2, 0.25) is 5.91 Å². The molecule has 1 heterocycles. The van der Waals surface area contributed by atoms with Crippen LogP contribution in [0.2, 0.25) is 0 Å². The van der Waals surface area contributed by atoms with E-state index in [9.17, 15) is 14.4 Å². The summed E-state index contributed by atoms with van der Waals surface area (Å²) >= 11 is 1.62. The van der Waals surface area contributed by atoms with Crippen molar-refractivity contribution in [3.8, 4) is 0 Å². The standard InChI is InChI=1S/C44H84N2O5S/c1-5-8-11-14-17-18-19-20-21-24-27-36-50-42(47)33-38-52-37-32-41(43(48)45-39-30-34-46(4)35-31-39)44(49)51-40(28-25-22-15-12-9-6-2)29-26-23-16-13-10-7-3/h39-41H,5-38H2,1-4H3,(H,45,48). The summed E-state index contributed by atoms with van der Waals surface area (Å²) in [5.41, 5.74) is 0. The molecule has 0 aromatic heterocycles. The molecule has 1 fully saturated rings. The second kappa shape index (κ2) is 35.4. The van der Waals surface area contributed by atoms with Crippen LogP contribution < -0.4 is 5.32 Å². The molecule has 52 heavy (non-hydrogen) atoms. The van der Waals surface area contributed by atoms with Gasteiger partial charge in [0, 0.05) is 11.8 Å². The van der Waals surface area contributed by atoms with Crippen molar-refractivity contribution in [3.05, 3.63) is 0 Å². The van der Waals surface area contributed by atoms with Crippen molar-refractivity contribution in [2.45, 2.75) is 219 Å². The Labute approximate surface area is 326 Å². The zero-order valence-electron chi connectivity index (χ0n) is 34.7. The van der Waals surface area contributed by atoms with Crippen LogP contribution in [0.1, 0.15) is 207 Å². The molecule has 1 rings (SSSR count). The fourth-order valence-electron chi connectivity index (χ4n) is 7.11. The number of piperidine rings is 1. The molecule has 1 atom stereocenters. The highest BCUT2D eigenvalue weighted by Crippen LogP contribution is 2.21. The van der Waals surface area contributed by atoms with Crippen molar-refractivity contribution in [2.24, 2.45) is 5.92 Å². The third-order valence-corrected chi connectivity index (χ3v) is 11.7. The Morgan fingerprint density at radius 1 is 0.635 bits per heavy atom. The number of esters is 2. The molecule has 0 radical (unpaired) electrons. The van der Waals surface area contributed by atoms with Crippen LogP contribution in [-0.2, 0) is 23.9 Å². The molecule has 1 N–H and O–H groups in total. The highest BCUT2D eigenvalue weighted by Gasteiger charge is 2.32. The third-order valence-electron chi connectivity index (χ3n) is 10.7. The molecule has 0 aromatic rings. The van der Waals surface area contributed by atoms with E-state index in [1.807, 2.05) is 0 Å². The molecule has 1 saturated heterocycles. The van der Waals surface area contributed by atoms with Crippen LogP contribution in [0.4, 0.5) is 0 Å². The molecular weight excluding hydrogens is 669 g/mol. The van der Waals surface area contributed by atoms with Gasteiger partial charge in [-0.25, -0.2) is 0 Å². The van der Waals surface area contributed by atoms with Gasteiger partial charge in [-0.15, -0.1) is 0 Å². The number of amides is 1. The minimum absolute atomic E-state index is 0.101. The first-order valence-electron chi connectivity index (χ1n) is 22.3. The van der Waals surface area contributed by atoms with Crippen molar-refractivity contribution >= 4 is 29.6 Å². The van der Waals surface area contributed by atoms with Crippen molar-refractivity contribution < 1.29 is 23.9 Å². The summed E-state index contributed by atoms with van der Waals surface area (Å²) in [7, 11) is 2.11. The van der Waals surface area contributed by atoms with E-state index >= 15 is 0 Å². The number of unbranched alkanes of at least 4 members (excludes halogenated alkanes) is 20. The Kier molecular flexibility index (Phi) is 33.2. The van der Waals surface area contributed by atoms with Crippen molar-refractivity contribution in [1.82, 2.24) is 10.2 Å². The molecule has 1 aliphatic heterocycles. The number of carbonyl (C=O) groups is 3. The SMILES string of the molecule is CCCCCCCCCCCCCOC(=O)CCSCCC(C(=O)NC1CCN(C)CC1)C(=O)OC(CCCCCCCC)CCCCCCCC. The predicted molar refractivity (Wildman–Crippen MR) is 222 cm³/mol. The highest BCUT2D eigenvalue weighted by molar-refractivity contribution is 7.99. The quantitative estimate of drug-likeness (QED) is 0.0387. The van der Waals surface area contributed by atoms with E-state index in [4.69, 9.17) is 9.47 Å². The normalized spacial score (nSPS) is 14.5. The van der Waals surface area contributed by atoms with Crippen LogP contribution in [0.3, 0.4) is 0 Å². The summed E-state index contributed by atoms with van der Waals surface area (Å²) in [5.74, 6) is -0.247. The molecule has 0 aliphatic carbocycles. The summed E-state index contributed by atoms with van der Waals surface area (Å²) in [4.78, 5) is 41.9. The van der Waals surface area contributed by atoms with Crippen LogP contribution in [0.5, 0.6) is 0 Å². The Morgan fingerprint density at radius 3 is 1.60 bits per heavy atom. The molecular formula is C44H84N2O5S. The van der Waals surface area contributed by atoms with Gasteiger partial charge in [-0.05, 0) is 77.3 Å². The summed E-state index contributed by atoms with van der Waals surface area (Å²) in [6.45, 7) is 9.14. The number of carbonyl (C=O) groups excluding carboxylic acids is 3. The molecule has 0 aromatic carbocycles. The minimum Gasteiger partial charge on any atom is -0.466 e. The largest absolute Gasteiger partial charge is 0.466 e. The molecule has 7 nitrogen and oxygen atoms in total. The fraction of sp³-hybridized carbons (Fsp3) is 0.932. The second-order valence-electron chi connectivity index (χ2n) is 15.7. The maximum Gasteiger partial charge on any atom is 0.318 e. The van der Waals surface area contributed by atoms with Gasteiger partial charge < -0.3 is 19.7 Å². The number of thioether (sulfide) groups is 1. The number of ether oxygens (including phenoxy) is 2. The summed E-state index contributed by atoms with van der Waals surface area (Å²) < 4.78 is 11.7. The number of hydrogen-bond donors (Lipinski definition) is 1. The summed E-state index contributed by atoms with van der Waals surface area (Å²) in [6, 6.07) is 0.101. The van der Waals surface area contributed by atoms with Crippen LogP contribution in [0, 0.1) is 5.92 Å². The van der Waals surface area contributed by atoms with E-state index in [0.29, 0.717) is 31.0 Å². The number of nitrogens with one attached hydrogen (secondary N) is 1. The number of rotatable bonds is 36. The highest BCUT2D eigenvalue weighted by atomic mass is 32.2. The van der Waals surface area contributed by atoms with Crippen LogP contribution in [0.25, 0.3) is 0 Å². The second-order valence-corrected chi connectivity index (χ2v) is 16.9. The van der Waals surface area contributed by atoms with Gasteiger partial charge in [-0.2, -0.15) is 11.8 Å². The number of likely N-dealkylation sites (tertiary alicyclic amines) is 1. The van der Waals surface area contributed by atoms with Crippen LogP contribution >= 0.6 is 11.8 Å². The van der Waals surface area contributed by atoms with E-state index in [2.05, 4.69) is 38.0 Å². The first kappa shape index (κ1) is 48.7. The van der Waals surface area contributed by atoms with Gasteiger partial charge >= 0.3 is 11.9 Å². The molecule has 0 saturated carbocycles. The van der Waals surface area contributed by atoms with Gasteiger partial charge in [0.05, 0.1) is 13.0 Å². The lowest BCUT2D eigenvalue weighted by atomic mass is 10.00. The van der Waals surface area contributed by atoms with Gasteiger partial charge in [-0.1, -0.05) is 149 Å². The van der Waals surface area contributed by atoms with E-state index in [1.165, 1.54) is 122 Å². The van der Waals surface area contributed by atoms with Crippen molar-refractivity contribution in [3.63, 3.8) is 0 Å². The molecule has 8 heteroatoms. The fourth-order valence-corrected chi connectivity index (χ4v) is 8.02. The number of hydrogen-bond acceptors (Lipinski definition) is 7. The van der Waals surface area contributed by atoms with E-state index < -0.39 is 5.92 Å². The predicted octanol–water partition coefficient (Wildman–Crippen LogP) is 11.6. The van der Waals surface area contributed by atoms with E-state index in [-0.39, 0.29) is 30.0 Å². The summed E-state index contributed by atoms with van der Waals surface area (Å²) in [5, 5.41) is 3.20. The van der Waals surface area contributed by atoms with Gasteiger partial charge in [0.15, 0.2) is 0 Å². The van der Waals surface area contributed by atoms with E-state index in [1.54, 1.807) is 11.8 Å². The molecule has 0 spiro atoms. The monoisotopic (exact) mass is 753 g/mol. The molecule has 0 bridgehead atoms. The zero-order valence-corrected chi connectivity index (χ0v) is 35.5. The lowest BCUT2D eigenvalue weighted by molar-refractivity contribution is -0.158. The van der Waals surface area contributed by atoms with Gasteiger partial charge in [-0.3, -0.25) is 14.4 Å². The Hall–Kier alpha value is -1.28. The van der Waals surface area contributed by atoms with Crippen LogP contribution in [-0.4, -0.2) is 73.1 Å². The average Bonchev–Trinajstić information content (AvgIpc) is 3.13. The lowest BCUT2D eigenvalue weighted by Crippen LogP contribution is -2.47. The summed E-state index contributed by atoms with van der Waals surface area (Å²) in [6.07, 6.45) is 32.8. The Morgan fingerprint density at radius 2 is 1.10 bits per heavy atom. The Bertz CT molecular complexity index is 834. The lowest BCUT2D eigenvalue weighted by Gasteiger charge is -2.30. The average molecular weight is 753 g/mol. The topological polar surface area (TPSA) is 84.9 Å². The first-order valence-corrected chi connectivity index (χ1v) is 23.5. The zero-order chi connectivity index (χ0) is 37.9. The van der Waals surface area contributed by atoms with Crippen molar-refractivity contribution in [1.29, 1.82) is 0 Å². The van der Waals surface area contributed by atoms with E-state index in [0.717, 1.165) is 64.5 Å². The van der Waals surface area contributed by atoms with Gasteiger partial charge in [0.25, 0.3) is 0 Å². The molecule has 306 valence electrons. The smallest absolute Gasteiger partial charge is 0.318 e. The molecule has 1 unspecified atom stereocenters. The molecule has 1 aliphatic rings. The van der Waals surface area contributed by atoms with Crippen LogP contribution in [0.15, 0.2) is 0 Å². The third kappa shape index (κ3) is 28.2.